The Morgan fingerprint density at radius 3 is 1.88 bits per heavy atom. The maximum atomic E-state index is 13.8. The highest BCUT2D eigenvalue weighted by Crippen LogP contribution is 2.45. The first-order chi connectivity index (χ1) is 15.5. The summed E-state index contributed by atoms with van der Waals surface area (Å²) in [6, 6.07) is 0.843. The van der Waals surface area contributed by atoms with Crippen LogP contribution in [0.25, 0.3) is 0 Å². The summed E-state index contributed by atoms with van der Waals surface area (Å²) in [6.07, 6.45) is -10.3. The molecule has 0 aliphatic rings. The monoisotopic (exact) mass is 557 g/mol. The smallest absolute Gasteiger partial charge is 0.417 e. The third-order valence-electron chi connectivity index (χ3n) is 4.36. The molecule has 0 saturated carbocycles. The van der Waals surface area contributed by atoms with Crippen molar-refractivity contribution in [1.82, 2.24) is 0 Å². The summed E-state index contributed by atoms with van der Waals surface area (Å²) in [5.74, 6) is -5.58. The number of carbonyl (C=O) groups excluding carboxylic acids is 2. The summed E-state index contributed by atoms with van der Waals surface area (Å²) < 4.78 is 90.8. The van der Waals surface area contributed by atoms with Crippen LogP contribution < -0.4 is 14.8 Å². The first kappa shape index (κ1) is 27.0. The van der Waals surface area contributed by atoms with E-state index in [-0.39, 0.29) is 12.1 Å². The van der Waals surface area contributed by atoms with E-state index in [9.17, 15) is 45.8 Å². The molecule has 14 heteroatoms. The molecule has 2 rings (SSSR count). The lowest BCUT2D eigenvalue weighted by molar-refractivity contribution is -0.138. The molecule has 184 valence electrons. The third kappa shape index (κ3) is 5.26. The van der Waals surface area contributed by atoms with E-state index in [1.807, 2.05) is 5.32 Å². The minimum atomic E-state index is -5.29. The fourth-order valence-corrected chi connectivity index (χ4v) is 3.80. The number of carboxylic acids is 1. The topological polar surface area (TPSA) is 102 Å². The van der Waals surface area contributed by atoms with Gasteiger partial charge in [0.1, 0.15) is 11.3 Å². The van der Waals surface area contributed by atoms with Crippen molar-refractivity contribution in [2.75, 3.05) is 19.5 Å². The van der Waals surface area contributed by atoms with Crippen LogP contribution in [0.5, 0.6) is 11.5 Å². The highest BCUT2D eigenvalue weighted by molar-refractivity contribution is 9.10. The summed E-state index contributed by atoms with van der Waals surface area (Å²) >= 11 is 2.72. The minimum absolute atomic E-state index is 0.133. The number of alkyl halides is 6. The molecule has 34 heavy (non-hydrogen) atoms. The van der Waals surface area contributed by atoms with Crippen molar-refractivity contribution in [2.24, 2.45) is 0 Å². The Balaban J connectivity index is 3.01. The van der Waals surface area contributed by atoms with Crippen molar-refractivity contribution >= 4 is 39.3 Å². The number of hydrogen-bond acceptors (Lipinski definition) is 5. The van der Waals surface area contributed by atoms with Crippen LogP contribution in [-0.2, 0) is 17.1 Å². The van der Waals surface area contributed by atoms with Crippen LogP contribution in [0.1, 0.15) is 44.3 Å². The number of rotatable bonds is 6. The van der Waals surface area contributed by atoms with Crippen LogP contribution >= 0.6 is 15.9 Å². The van der Waals surface area contributed by atoms with Crippen LogP contribution in [-0.4, -0.2) is 37.0 Å². The number of nitrogens with one attached hydrogen (secondary N) is 1. The predicted octanol–water partition coefficient (Wildman–Crippen LogP) is 5.39. The Hall–Kier alpha value is -3.29. The van der Waals surface area contributed by atoms with Crippen LogP contribution in [0.3, 0.4) is 0 Å². The zero-order valence-corrected chi connectivity index (χ0v) is 19.0. The van der Waals surface area contributed by atoms with Gasteiger partial charge in [-0.3, -0.25) is 9.59 Å². The van der Waals surface area contributed by atoms with Crippen LogP contribution in [0.15, 0.2) is 22.7 Å². The zero-order valence-electron chi connectivity index (χ0n) is 17.4. The molecule has 0 aromatic heterocycles. The van der Waals surface area contributed by atoms with E-state index in [1.54, 1.807) is 0 Å². The molecule has 0 aliphatic carbocycles. The molecule has 0 spiro atoms. The van der Waals surface area contributed by atoms with E-state index >= 15 is 0 Å². The highest BCUT2D eigenvalue weighted by Gasteiger charge is 2.41. The van der Waals surface area contributed by atoms with Gasteiger partial charge in [0, 0.05) is 6.92 Å². The Bertz CT molecular complexity index is 1180. The van der Waals surface area contributed by atoms with Crippen LogP contribution in [0.4, 0.5) is 32.0 Å². The summed E-state index contributed by atoms with van der Waals surface area (Å²) in [5, 5.41) is 11.3. The number of ether oxygens (including phenoxy) is 2. The Morgan fingerprint density at radius 1 is 0.912 bits per heavy atom. The number of aromatic carboxylic acids is 1. The van der Waals surface area contributed by atoms with Gasteiger partial charge in [0.05, 0.1) is 46.6 Å². The lowest BCUT2D eigenvalue weighted by atomic mass is 9.93. The molecule has 0 aliphatic heterocycles. The van der Waals surface area contributed by atoms with Gasteiger partial charge in [-0.1, -0.05) is 0 Å². The molecule has 0 radical (unpaired) electrons. The van der Waals surface area contributed by atoms with Gasteiger partial charge >= 0.3 is 18.3 Å². The molecular formula is C20H14BrF6NO6. The lowest BCUT2D eigenvalue weighted by Crippen LogP contribution is -2.19. The maximum Gasteiger partial charge on any atom is 0.417 e. The molecule has 2 N–H and O–H groups in total. The molecule has 0 heterocycles. The summed E-state index contributed by atoms with van der Waals surface area (Å²) in [7, 11) is 1.85. The third-order valence-corrected chi connectivity index (χ3v) is 5.12. The van der Waals surface area contributed by atoms with Crippen molar-refractivity contribution in [3.05, 3.63) is 50.5 Å². The zero-order chi connectivity index (χ0) is 26.2. The van der Waals surface area contributed by atoms with E-state index in [4.69, 9.17) is 9.47 Å². The van der Waals surface area contributed by atoms with Gasteiger partial charge in [0.15, 0.2) is 11.5 Å². The van der Waals surface area contributed by atoms with Crippen molar-refractivity contribution in [2.45, 2.75) is 19.3 Å². The number of hydrogen-bond donors (Lipinski definition) is 2. The van der Waals surface area contributed by atoms with Gasteiger partial charge in [0.25, 0.3) is 0 Å². The Labute approximate surface area is 195 Å². The average Bonchev–Trinajstić information content (AvgIpc) is 2.69. The number of carbonyl (C=O) groups is 3. The summed E-state index contributed by atoms with van der Waals surface area (Å²) in [4.78, 5) is 36.2. The lowest BCUT2D eigenvalue weighted by Gasteiger charge is -2.20. The van der Waals surface area contributed by atoms with Crippen molar-refractivity contribution in [3.8, 4) is 11.5 Å². The molecule has 0 atom stereocenters. The molecule has 7 nitrogen and oxygen atoms in total. The molecule has 0 unspecified atom stereocenters. The number of benzene rings is 2. The number of amides is 1. The van der Waals surface area contributed by atoms with Crippen molar-refractivity contribution < 1.29 is 55.3 Å². The van der Waals surface area contributed by atoms with Gasteiger partial charge in [-0.05, 0) is 34.1 Å². The molecule has 0 saturated heterocycles. The number of anilines is 1. The fourth-order valence-electron chi connectivity index (χ4n) is 3.03. The normalized spacial score (nSPS) is 11.7. The van der Waals surface area contributed by atoms with Crippen LogP contribution in [0, 0.1) is 0 Å². The highest BCUT2D eigenvalue weighted by atomic mass is 79.9. The van der Waals surface area contributed by atoms with E-state index in [2.05, 4.69) is 15.9 Å². The maximum absolute atomic E-state index is 13.8. The molecule has 2 aromatic carbocycles. The SMILES string of the molecule is COc1c(NC(C)=O)cc(C(F)(F)F)cc1C(=O)c1c(C(F)(F)F)cc(C(=O)O)c(OC)c1Br. The first-order valence-electron chi connectivity index (χ1n) is 8.87. The van der Waals surface area contributed by atoms with Crippen molar-refractivity contribution in [3.63, 3.8) is 0 Å². The fraction of sp³-hybridized carbons (Fsp3) is 0.250. The quantitative estimate of drug-likeness (QED) is 0.364. The largest absolute Gasteiger partial charge is 0.495 e. The van der Waals surface area contributed by atoms with E-state index in [1.165, 1.54) is 0 Å². The second-order valence-electron chi connectivity index (χ2n) is 6.61. The second-order valence-corrected chi connectivity index (χ2v) is 7.40. The summed E-state index contributed by atoms with van der Waals surface area (Å²) in [6.45, 7) is 0.953. The number of methoxy groups -OCH3 is 2. The predicted molar refractivity (Wildman–Crippen MR) is 108 cm³/mol. The molecule has 1 amide bonds. The van der Waals surface area contributed by atoms with E-state index < -0.39 is 79.5 Å². The van der Waals surface area contributed by atoms with E-state index in [0.29, 0.717) is 6.07 Å². The van der Waals surface area contributed by atoms with Crippen LogP contribution in [0.2, 0.25) is 0 Å². The van der Waals surface area contributed by atoms with E-state index in [0.717, 1.165) is 21.1 Å². The Kier molecular flexibility index (Phi) is 7.55. The van der Waals surface area contributed by atoms with Gasteiger partial charge in [-0.25, -0.2) is 4.79 Å². The Morgan fingerprint density at radius 2 is 1.47 bits per heavy atom. The van der Waals surface area contributed by atoms with Gasteiger partial charge in [0.2, 0.25) is 5.91 Å². The van der Waals surface area contributed by atoms with Gasteiger partial charge in [-0.15, -0.1) is 0 Å². The number of carboxylic acid groups (broad SMARTS) is 1. The molecule has 0 fully saturated rings. The standard InChI is InChI=1S/C20H14BrF6NO6/c1-7(29)28-12-5-8(19(22,23)24)4-9(16(12)33-2)15(30)13-11(20(25,26)27)6-10(18(31)32)17(34-3)14(13)21/h4-6H,1-3H3,(H,28,29)(H,31,32). The number of halogens is 7. The molecule has 2 aromatic rings. The van der Waals surface area contributed by atoms with Gasteiger partial charge in [-0.2, -0.15) is 26.3 Å². The number of ketones is 1. The van der Waals surface area contributed by atoms with Gasteiger partial charge < -0.3 is 19.9 Å². The molecule has 0 bridgehead atoms. The average molecular weight is 558 g/mol. The summed E-state index contributed by atoms with van der Waals surface area (Å²) in [5.41, 5.74) is -6.97. The van der Waals surface area contributed by atoms with Crippen molar-refractivity contribution in [1.29, 1.82) is 0 Å². The minimum Gasteiger partial charge on any atom is -0.495 e. The first-order valence-corrected chi connectivity index (χ1v) is 9.66. The second kappa shape index (κ2) is 9.52. The molecular weight excluding hydrogens is 544 g/mol.